The van der Waals surface area contributed by atoms with Gasteiger partial charge in [-0.15, -0.1) is 0 Å². The lowest BCUT2D eigenvalue weighted by Crippen LogP contribution is -2.44. The molecule has 2 heterocycles. The highest BCUT2D eigenvalue weighted by atomic mass is 16.2. The molecule has 1 saturated heterocycles. The molecular formula is C18H25N5O. The smallest absolute Gasteiger partial charge is 0.317 e. The van der Waals surface area contributed by atoms with Gasteiger partial charge in [0.1, 0.15) is 5.82 Å². The average Bonchev–Trinajstić information content (AvgIpc) is 3.09. The van der Waals surface area contributed by atoms with Crippen LogP contribution in [0.2, 0.25) is 0 Å². The summed E-state index contributed by atoms with van der Waals surface area (Å²) in [5, 5.41) is 10.3. The van der Waals surface area contributed by atoms with Crippen LogP contribution in [0.5, 0.6) is 0 Å². The summed E-state index contributed by atoms with van der Waals surface area (Å²) in [4.78, 5) is 18.5. The average molecular weight is 327 g/mol. The molecule has 2 aromatic rings. The van der Waals surface area contributed by atoms with Gasteiger partial charge in [0.05, 0.1) is 0 Å². The van der Waals surface area contributed by atoms with Gasteiger partial charge in [-0.1, -0.05) is 37.3 Å². The zero-order valence-corrected chi connectivity index (χ0v) is 14.2. The zero-order valence-electron chi connectivity index (χ0n) is 14.2. The van der Waals surface area contributed by atoms with E-state index in [4.69, 9.17) is 0 Å². The number of hydrogen-bond acceptors (Lipinski definition) is 3. The molecule has 0 unspecified atom stereocenters. The van der Waals surface area contributed by atoms with Crippen molar-refractivity contribution in [2.75, 3.05) is 19.6 Å². The molecule has 2 amide bonds. The van der Waals surface area contributed by atoms with Crippen LogP contribution in [0, 0.1) is 5.92 Å². The summed E-state index contributed by atoms with van der Waals surface area (Å²) in [5.74, 6) is 2.24. The molecule has 2 N–H and O–H groups in total. The number of aromatic amines is 1. The van der Waals surface area contributed by atoms with Gasteiger partial charge in [0, 0.05) is 31.6 Å². The summed E-state index contributed by atoms with van der Waals surface area (Å²) < 4.78 is 0. The Labute approximate surface area is 142 Å². The molecule has 1 aromatic carbocycles. The number of H-pyrrole nitrogens is 1. The second-order valence-corrected chi connectivity index (χ2v) is 6.34. The van der Waals surface area contributed by atoms with E-state index in [-0.39, 0.29) is 6.03 Å². The molecule has 6 nitrogen and oxygen atoms in total. The van der Waals surface area contributed by atoms with Gasteiger partial charge in [0.25, 0.3) is 0 Å². The topological polar surface area (TPSA) is 73.9 Å². The number of piperidine rings is 1. The SMILES string of the molecule is CCCNC(=O)N1CCC(Cc2nc(-c3ccccc3)n[nH]2)CC1. The molecule has 0 aliphatic carbocycles. The fourth-order valence-electron chi connectivity index (χ4n) is 3.06. The van der Waals surface area contributed by atoms with Crippen molar-refractivity contribution < 1.29 is 4.79 Å². The number of nitrogens with zero attached hydrogens (tertiary/aromatic N) is 3. The lowest BCUT2D eigenvalue weighted by atomic mass is 9.93. The van der Waals surface area contributed by atoms with E-state index in [1.54, 1.807) is 0 Å². The van der Waals surface area contributed by atoms with Gasteiger partial charge in [0.15, 0.2) is 5.82 Å². The standard InChI is InChI=1S/C18H25N5O/c1-2-10-19-18(24)23-11-8-14(9-12-23)13-16-20-17(22-21-16)15-6-4-3-5-7-15/h3-7,14H,2,8-13H2,1H3,(H,19,24)(H,20,21,22). The Morgan fingerprint density at radius 3 is 2.75 bits per heavy atom. The molecule has 1 aliphatic heterocycles. The van der Waals surface area contributed by atoms with Crippen LogP contribution >= 0.6 is 0 Å². The van der Waals surface area contributed by atoms with E-state index in [1.807, 2.05) is 35.2 Å². The lowest BCUT2D eigenvalue weighted by Gasteiger charge is -2.31. The Morgan fingerprint density at radius 2 is 2.04 bits per heavy atom. The minimum atomic E-state index is 0.0707. The van der Waals surface area contributed by atoms with E-state index in [2.05, 4.69) is 27.4 Å². The van der Waals surface area contributed by atoms with Crippen LogP contribution in [-0.4, -0.2) is 45.7 Å². The van der Waals surface area contributed by atoms with Crippen molar-refractivity contribution in [3.63, 3.8) is 0 Å². The number of aromatic nitrogens is 3. The Morgan fingerprint density at radius 1 is 1.29 bits per heavy atom. The second kappa shape index (κ2) is 7.95. The van der Waals surface area contributed by atoms with Crippen LogP contribution < -0.4 is 5.32 Å². The molecule has 1 aliphatic rings. The highest BCUT2D eigenvalue weighted by Crippen LogP contribution is 2.21. The second-order valence-electron chi connectivity index (χ2n) is 6.34. The number of likely N-dealkylation sites (tertiary alicyclic amines) is 1. The fraction of sp³-hybridized carbons (Fsp3) is 0.500. The summed E-state index contributed by atoms with van der Waals surface area (Å²) in [6.07, 6.45) is 3.89. The van der Waals surface area contributed by atoms with Crippen LogP contribution in [0.3, 0.4) is 0 Å². The highest BCUT2D eigenvalue weighted by molar-refractivity contribution is 5.74. The van der Waals surface area contributed by atoms with Gasteiger partial charge in [-0.05, 0) is 25.2 Å². The molecular weight excluding hydrogens is 302 g/mol. The van der Waals surface area contributed by atoms with Crippen molar-refractivity contribution in [1.29, 1.82) is 0 Å². The lowest BCUT2D eigenvalue weighted by molar-refractivity contribution is 0.170. The Hall–Kier alpha value is -2.37. The molecule has 0 radical (unpaired) electrons. The Bertz CT molecular complexity index is 646. The molecule has 0 bridgehead atoms. The maximum absolute atomic E-state index is 12.0. The predicted octanol–water partition coefficient (Wildman–Crippen LogP) is 2.85. The summed E-state index contributed by atoms with van der Waals surface area (Å²) in [7, 11) is 0. The number of carbonyl (C=O) groups is 1. The van der Waals surface area contributed by atoms with Crippen molar-refractivity contribution in [2.24, 2.45) is 5.92 Å². The van der Waals surface area contributed by atoms with Gasteiger partial charge < -0.3 is 10.2 Å². The number of amides is 2. The van der Waals surface area contributed by atoms with Crippen molar-refractivity contribution in [3.05, 3.63) is 36.2 Å². The Balaban J connectivity index is 1.50. The number of benzene rings is 1. The molecule has 0 saturated carbocycles. The van der Waals surface area contributed by atoms with E-state index >= 15 is 0 Å². The maximum atomic E-state index is 12.0. The van der Waals surface area contributed by atoms with Gasteiger partial charge in [0.2, 0.25) is 0 Å². The number of urea groups is 1. The first kappa shape index (κ1) is 16.5. The van der Waals surface area contributed by atoms with Crippen LogP contribution in [-0.2, 0) is 6.42 Å². The van der Waals surface area contributed by atoms with E-state index in [9.17, 15) is 4.79 Å². The number of rotatable bonds is 5. The van der Waals surface area contributed by atoms with Crippen LogP contribution in [0.15, 0.2) is 30.3 Å². The summed E-state index contributed by atoms with van der Waals surface area (Å²) in [6, 6.07) is 10.1. The van der Waals surface area contributed by atoms with Crippen molar-refractivity contribution in [3.8, 4) is 11.4 Å². The normalized spacial score (nSPS) is 15.5. The summed E-state index contributed by atoms with van der Waals surface area (Å²) in [5.41, 5.74) is 1.03. The molecule has 0 atom stereocenters. The van der Waals surface area contributed by atoms with E-state index in [1.165, 1.54) is 0 Å². The third kappa shape index (κ3) is 4.13. The van der Waals surface area contributed by atoms with E-state index in [0.717, 1.165) is 62.5 Å². The third-order valence-corrected chi connectivity index (χ3v) is 4.47. The van der Waals surface area contributed by atoms with Gasteiger partial charge in [-0.3, -0.25) is 5.10 Å². The molecule has 6 heteroatoms. The van der Waals surface area contributed by atoms with Crippen LogP contribution in [0.25, 0.3) is 11.4 Å². The monoisotopic (exact) mass is 327 g/mol. The first-order valence-electron chi connectivity index (χ1n) is 8.75. The van der Waals surface area contributed by atoms with Crippen LogP contribution in [0.4, 0.5) is 4.79 Å². The quantitative estimate of drug-likeness (QED) is 0.887. The largest absolute Gasteiger partial charge is 0.338 e. The van der Waals surface area contributed by atoms with Crippen LogP contribution in [0.1, 0.15) is 32.0 Å². The van der Waals surface area contributed by atoms with Crippen molar-refractivity contribution in [2.45, 2.75) is 32.6 Å². The molecule has 1 aromatic heterocycles. The van der Waals surface area contributed by atoms with Gasteiger partial charge in [-0.25, -0.2) is 9.78 Å². The number of nitrogens with one attached hydrogen (secondary N) is 2. The molecule has 24 heavy (non-hydrogen) atoms. The number of hydrogen-bond donors (Lipinski definition) is 2. The molecule has 128 valence electrons. The summed E-state index contributed by atoms with van der Waals surface area (Å²) in [6.45, 7) is 4.45. The summed E-state index contributed by atoms with van der Waals surface area (Å²) >= 11 is 0. The highest BCUT2D eigenvalue weighted by Gasteiger charge is 2.23. The fourth-order valence-corrected chi connectivity index (χ4v) is 3.06. The predicted molar refractivity (Wildman–Crippen MR) is 93.5 cm³/mol. The van der Waals surface area contributed by atoms with Crippen molar-refractivity contribution in [1.82, 2.24) is 25.4 Å². The molecule has 1 fully saturated rings. The van der Waals surface area contributed by atoms with Gasteiger partial charge in [-0.2, -0.15) is 5.10 Å². The molecule has 3 rings (SSSR count). The molecule has 0 spiro atoms. The van der Waals surface area contributed by atoms with E-state index < -0.39 is 0 Å². The number of carbonyl (C=O) groups excluding carboxylic acids is 1. The van der Waals surface area contributed by atoms with E-state index in [0.29, 0.717) is 5.92 Å². The minimum absolute atomic E-state index is 0.0707. The van der Waals surface area contributed by atoms with Gasteiger partial charge >= 0.3 is 6.03 Å². The zero-order chi connectivity index (χ0) is 16.8. The van der Waals surface area contributed by atoms with Crippen molar-refractivity contribution >= 4 is 6.03 Å². The first-order chi connectivity index (χ1) is 11.8. The first-order valence-corrected chi connectivity index (χ1v) is 8.75. The maximum Gasteiger partial charge on any atom is 0.317 e. The third-order valence-electron chi connectivity index (χ3n) is 4.47. The Kier molecular flexibility index (Phi) is 5.46. The minimum Gasteiger partial charge on any atom is -0.338 e.